The van der Waals surface area contributed by atoms with E-state index in [2.05, 4.69) is 42.5 Å². The van der Waals surface area contributed by atoms with Gasteiger partial charge in [0.1, 0.15) is 54.4 Å². The van der Waals surface area contributed by atoms with Gasteiger partial charge in [-0.1, -0.05) is 88.4 Å². The molecule has 0 aromatic heterocycles. The largest absolute Gasteiger partial charge is 0.481 e. The number of aliphatic hydroxyl groups excluding tert-OH is 1. The summed E-state index contributed by atoms with van der Waals surface area (Å²) >= 11 is 0. The number of nitrogens with two attached hydrogens (primary N) is 3. The maximum absolute atomic E-state index is 14.1. The van der Waals surface area contributed by atoms with Crippen LogP contribution in [0.15, 0.2) is 60.7 Å². The van der Waals surface area contributed by atoms with Crippen molar-refractivity contribution < 1.29 is 72.9 Å². The lowest BCUT2D eigenvalue weighted by Crippen LogP contribution is -2.61. The number of benzene rings is 2. The number of primary amides is 2. The summed E-state index contributed by atoms with van der Waals surface area (Å²) in [6, 6.07) is 2.47. The molecule has 9 atom stereocenters. The van der Waals surface area contributed by atoms with Crippen LogP contribution in [0.2, 0.25) is 0 Å². The minimum Gasteiger partial charge on any atom is -0.481 e. The fourth-order valence-corrected chi connectivity index (χ4v) is 7.25. The second kappa shape index (κ2) is 31.6. The molecule has 2 aromatic carbocycles. The van der Waals surface area contributed by atoms with Crippen molar-refractivity contribution in [2.75, 3.05) is 6.61 Å². The Morgan fingerprint density at radius 2 is 0.800 bits per heavy atom. The molecule has 2 rings (SSSR count). The second-order valence-electron chi connectivity index (χ2n) is 18.7. The van der Waals surface area contributed by atoms with Gasteiger partial charge in [-0.3, -0.25) is 57.5 Å². The summed E-state index contributed by atoms with van der Waals surface area (Å²) in [5.41, 5.74) is 17.4. The quantitative estimate of drug-likeness (QED) is 0.0330. The van der Waals surface area contributed by atoms with Gasteiger partial charge in [0.2, 0.25) is 59.1 Å². The van der Waals surface area contributed by atoms with Crippen LogP contribution >= 0.6 is 0 Å². The SMILES string of the molecule is CC(C)C[C@H](NC(=O)[C@H](CC(=O)O)NC(=O)[C@H](Cc1ccccc1)NC(=O)[C@H](CC(C)C)NC(=O)[C@@H](N)CO)C(=O)N[C@@H](CC(N)=O)C(=O)N[C@@H](Cc1ccccc1)C(=O)N[C@@H](CCC(N)=O)C(=O)N[C@@H](C)C(=O)O. The molecule has 0 unspecified atom stereocenters. The van der Waals surface area contributed by atoms with Gasteiger partial charge in [-0.25, -0.2) is 0 Å². The Balaban J connectivity index is 2.49. The molecule has 0 radical (unpaired) electrons. The molecule has 0 saturated carbocycles. The molecule has 412 valence electrons. The third-order valence-corrected chi connectivity index (χ3v) is 11.1. The Bertz CT molecular complexity index is 2320. The van der Waals surface area contributed by atoms with Crippen LogP contribution in [0.3, 0.4) is 0 Å². The molecule has 0 fully saturated rings. The van der Waals surface area contributed by atoms with Crippen molar-refractivity contribution >= 4 is 71.0 Å². The number of hydrogen-bond acceptors (Lipinski definition) is 14. The summed E-state index contributed by atoms with van der Waals surface area (Å²) in [5.74, 6) is -13.7. The highest BCUT2D eigenvalue weighted by atomic mass is 16.4. The van der Waals surface area contributed by atoms with Gasteiger partial charge in [-0.15, -0.1) is 0 Å². The molecule has 2 aromatic rings. The highest BCUT2D eigenvalue weighted by molar-refractivity contribution is 6.00. The fraction of sp³-hybridized carbons (Fsp3) is 0.510. The molecule has 0 aliphatic carbocycles. The van der Waals surface area contributed by atoms with E-state index >= 15 is 0 Å². The van der Waals surface area contributed by atoms with Crippen molar-refractivity contribution in [3.05, 3.63) is 71.8 Å². The van der Waals surface area contributed by atoms with E-state index in [1.54, 1.807) is 88.4 Å². The Morgan fingerprint density at radius 3 is 1.17 bits per heavy atom. The number of carbonyl (C=O) groups is 12. The molecular formula is C49H71N11O15. The smallest absolute Gasteiger partial charge is 0.325 e. The van der Waals surface area contributed by atoms with Gasteiger partial charge in [0.15, 0.2) is 0 Å². The minimum atomic E-state index is -1.90. The van der Waals surface area contributed by atoms with Crippen molar-refractivity contribution in [1.29, 1.82) is 0 Å². The molecule has 26 heteroatoms. The van der Waals surface area contributed by atoms with E-state index in [1.807, 2.05) is 0 Å². The molecule has 26 nitrogen and oxygen atoms in total. The summed E-state index contributed by atoms with van der Waals surface area (Å²) in [4.78, 5) is 157. The zero-order valence-corrected chi connectivity index (χ0v) is 42.5. The molecule has 10 amide bonds. The standard InChI is InChI=1S/C49H71N11O15/c1-25(2)18-32(55-41(66)30(50)24-61)43(68)57-35(21-29-14-10-7-11-15-29)46(71)60-37(23-40(64)65)48(73)56-33(19-26(3)4)44(69)59-36(22-39(52)63)47(72)58-34(20-28-12-8-6-9-13-28)45(70)54-31(16-17-38(51)62)42(67)53-27(5)49(74)75/h6-15,25-27,30-37,61H,16-24,50H2,1-5H3,(H2,51,62)(H2,52,63)(H,53,67)(H,54,70)(H,55,66)(H,56,73)(H,57,68)(H,58,72)(H,59,69)(H,60,71)(H,64,65)(H,74,75)/t27-,30-,31-,32-,33-,34-,35-,36-,37-/m0/s1. The Morgan fingerprint density at radius 1 is 0.453 bits per heavy atom. The second-order valence-corrected chi connectivity index (χ2v) is 18.7. The number of carboxylic acid groups (broad SMARTS) is 2. The topological polar surface area (TPSA) is 440 Å². The van der Waals surface area contributed by atoms with Crippen LogP contribution in [-0.4, -0.2) is 147 Å². The number of rotatable bonds is 33. The minimum absolute atomic E-state index is 0.0709. The third-order valence-electron chi connectivity index (χ3n) is 11.1. The fourth-order valence-electron chi connectivity index (χ4n) is 7.25. The number of aliphatic carboxylic acids is 2. The van der Waals surface area contributed by atoms with E-state index in [1.165, 1.54) is 0 Å². The highest BCUT2D eigenvalue weighted by Gasteiger charge is 2.36. The van der Waals surface area contributed by atoms with Crippen LogP contribution in [0.5, 0.6) is 0 Å². The summed E-state index contributed by atoms with van der Waals surface area (Å²) < 4.78 is 0. The predicted molar refractivity (Wildman–Crippen MR) is 268 cm³/mol. The first kappa shape index (κ1) is 63.1. The van der Waals surface area contributed by atoms with Gasteiger partial charge in [-0.05, 0) is 49.1 Å². The Labute approximate surface area is 433 Å². The van der Waals surface area contributed by atoms with Gasteiger partial charge in [0, 0.05) is 19.3 Å². The van der Waals surface area contributed by atoms with Crippen LogP contribution < -0.4 is 59.7 Å². The molecule has 75 heavy (non-hydrogen) atoms. The average Bonchev–Trinajstić information content (AvgIpc) is 3.33. The first-order valence-electron chi connectivity index (χ1n) is 24.1. The first-order chi connectivity index (χ1) is 35.2. The van der Waals surface area contributed by atoms with Crippen LogP contribution in [0.4, 0.5) is 0 Å². The molecule has 0 bridgehead atoms. The van der Waals surface area contributed by atoms with E-state index in [0.29, 0.717) is 11.1 Å². The van der Waals surface area contributed by atoms with E-state index in [9.17, 15) is 72.9 Å². The van der Waals surface area contributed by atoms with Gasteiger partial charge in [0.25, 0.3) is 0 Å². The van der Waals surface area contributed by atoms with Crippen molar-refractivity contribution in [3.8, 4) is 0 Å². The number of carboxylic acids is 2. The summed E-state index contributed by atoms with van der Waals surface area (Å²) in [6.07, 6.45) is -3.23. The van der Waals surface area contributed by atoms with E-state index in [4.69, 9.17) is 17.2 Å². The van der Waals surface area contributed by atoms with E-state index in [0.717, 1.165) is 6.92 Å². The van der Waals surface area contributed by atoms with Gasteiger partial charge < -0.3 is 75.1 Å². The monoisotopic (exact) mass is 1050 g/mol. The highest BCUT2D eigenvalue weighted by Crippen LogP contribution is 2.12. The van der Waals surface area contributed by atoms with Gasteiger partial charge in [0.05, 0.1) is 19.4 Å². The predicted octanol–water partition coefficient (Wildman–Crippen LogP) is -3.52. The molecule has 0 aliphatic heterocycles. The number of hydrogen-bond donors (Lipinski definition) is 14. The molecule has 0 heterocycles. The maximum Gasteiger partial charge on any atom is 0.325 e. The van der Waals surface area contributed by atoms with Gasteiger partial charge in [-0.2, -0.15) is 0 Å². The lowest BCUT2D eigenvalue weighted by Gasteiger charge is -2.28. The average molecular weight is 1050 g/mol. The van der Waals surface area contributed by atoms with Crippen molar-refractivity contribution in [1.82, 2.24) is 42.5 Å². The van der Waals surface area contributed by atoms with E-state index < -0.39 is 151 Å². The molecular weight excluding hydrogens is 983 g/mol. The van der Waals surface area contributed by atoms with Gasteiger partial charge >= 0.3 is 11.9 Å². The van der Waals surface area contributed by atoms with Crippen LogP contribution in [0.1, 0.15) is 84.3 Å². The lowest BCUT2D eigenvalue weighted by atomic mass is 10.00. The normalized spacial score (nSPS) is 14.6. The molecule has 0 aliphatic rings. The number of amides is 10. The lowest BCUT2D eigenvalue weighted by molar-refractivity contribution is -0.142. The van der Waals surface area contributed by atoms with E-state index in [-0.39, 0.29) is 43.9 Å². The third kappa shape index (κ3) is 23.6. The first-order valence-corrected chi connectivity index (χ1v) is 24.1. The molecule has 0 spiro atoms. The zero-order chi connectivity index (χ0) is 56.5. The van der Waals surface area contributed by atoms with Crippen LogP contribution in [0.25, 0.3) is 0 Å². The Hall–Kier alpha value is -8.00. The zero-order valence-electron chi connectivity index (χ0n) is 42.5. The van der Waals surface area contributed by atoms with Crippen molar-refractivity contribution in [2.24, 2.45) is 29.0 Å². The molecule has 0 saturated heterocycles. The summed E-state index contributed by atoms with van der Waals surface area (Å²) in [6.45, 7) is 7.28. The summed E-state index contributed by atoms with van der Waals surface area (Å²) in [5, 5.41) is 47.8. The van der Waals surface area contributed by atoms with Crippen molar-refractivity contribution in [3.63, 3.8) is 0 Å². The van der Waals surface area contributed by atoms with Crippen LogP contribution in [-0.2, 0) is 70.4 Å². The molecule has 17 N–H and O–H groups in total. The number of aliphatic hydroxyl groups is 1. The van der Waals surface area contributed by atoms with Crippen molar-refractivity contribution in [2.45, 2.75) is 140 Å². The number of carbonyl (C=O) groups excluding carboxylic acids is 10. The number of nitrogens with one attached hydrogen (secondary N) is 8. The summed E-state index contributed by atoms with van der Waals surface area (Å²) in [7, 11) is 0. The van der Waals surface area contributed by atoms with Crippen LogP contribution in [0, 0.1) is 11.8 Å². The maximum atomic E-state index is 14.1. The Kier molecular flexibility index (Phi) is 26.6.